The summed E-state index contributed by atoms with van der Waals surface area (Å²) in [4.78, 5) is 0.108. The van der Waals surface area contributed by atoms with Crippen molar-refractivity contribution in [3.63, 3.8) is 0 Å². The lowest BCUT2D eigenvalue weighted by Gasteiger charge is -2.13. The van der Waals surface area contributed by atoms with Crippen LogP contribution < -0.4 is 0 Å². The van der Waals surface area contributed by atoms with Crippen molar-refractivity contribution in [2.75, 3.05) is 14.2 Å². The molecule has 1 atom stereocenters. The van der Waals surface area contributed by atoms with E-state index in [0.717, 1.165) is 0 Å². The average Bonchev–Trinajstić information content (AvgIpc) is 2.24. The third-order valence-corrected chi connectivity index (χ3v) is 2.65. The molecule has 0 fully saturated rings. The minimum absolute atomic E-state index is 0.0119. The quantitative estimate of drug-likeness (QED) is 0.780. The third-order valence-electron chi connectivity index (χ3n) is 2.03. The average molecular weight is 245 g/mol. The van der Waals surface area contributed by atoms with Crippen LogP contribution in [0.2, 0.25) is 0 Å². The number of ether oxygens (including phenoxy) is 2. The van der Waals surface area contributed by atoms with Crippen LogP contribution in [0, 0.1) is 0 Å². The molecule has 0 aliphatic carbocycles. The maximum absolute atomic E-state index is 10.9. The van der Waals surface area contributed by atoms with E-state index in [-0.39, 0.29) is 23.9 Å². The van der Waals surface area contributed by atoms with Gasteiger partial charge in [-0.2, -0.15) is 0 Å². The zero-order chi connectivity index (χ0) is 12.1. The lowest BCUT2D eigenvalue weighted by atomic mass is 10.1. The predicted molar refractivity (Wildman–Crippen MR) is 56.7 cm³/mol. The lowest BCUT2D eigenvalue weighted by molar-refractivity contribution is 0.174. The summed E-state index contributed by atoms with van der Waals surface area (Å²) in [5.74, 6) is 0.0119. The molecule has 1 aromatic carbocycles. The Balaban J connectivity index is 3.21. The van der Waals surface area contributed by atoms with Crippen molar-refractivity contribution in [3.8, 4) is 5.75 Å². The zero-order valence-corrected chi connectivity index (χ0v) is 9.87. The van der Waals surface area contributed by atoms with E-state index in [1.54, 1.807) is 0 Å². The molecule has 0 heterocycles. The van der Waals surface area contributed by atoms with Crippen molar-refractivity contribution < 1.29 is 23.3 Å². The molecule has 0 bridgehead atoms. The van der Waals surface area contributed by atoms with Gasteiger partial charge >= 0.3 is 0 Å². The Hall–Kier alpha value is -0.950. The summed E-state index contributed by atoms with van der Waals surface area (Å²) in [6.45, 7) is 0.293. The SMILES string of the molecule is COCc1cc(S(=O)[O-])cc(COC)c1O. The molecule has 0 amide bonds. The van der Waals surface area contributed by atoms with E-state index in [9.17, 15) is 13.9 Å². The number of phenolic OH excluding ortho intramolecular Hbond substituents is 1. The van der Waals surface area contributed by atoms with E-state index >= 15 is 0 Å². The Kier molecular flexibility index (Phi) is 4.88. The number of phenols is 1. The maximum Gasteiger partial charge on any atom is 0.126 e. The number of aromatic hydroxyl groups is 1. The second-order valence-electron chi connectivity index (χ2n) is 3.19. The van der Waals surface area contributed by atoms with Gasteiger partial charge in [0.2, 0.25) is 0 Å². The van der Waals surface area contributed by atoms with Crippen molar-refractivity contribution in [1.29, 1.82) is 0 Å². The first kappa shape index (κ1) is 13.1. The van der Waals surface area contributed by atoms with Crippen molar-refractivity contribution in [1.82, 2.24) is 0 Å². The number of hydrogen-bond donors (Lipinski definition) is 1. The zero-order valence-electron chi connectivity index (χ0n) is 9.06. The third kappa shape index (κ3) is 3.02. The second kappa shape index (κ2) is 5.95. The van der Waals surface area contributed by atoms with E-state index < -0.39 is 11.1 Å². The van der Waals surface area contributed by atoms with Gasteiger partial charge in [-0.05, 0) is 23.2 Å². The Morgan fingerprint density at radius 2 is 1.69 bits per heavy atom. The fourth-order valence-electron chi connectivity index (χ4n) is 1.36. The molecule has 16 heavy (non-hydrogen) atoms. The number of hydrogen-bond acceptors (Lipinski definition) is 5. The first-order chi connectivity index (χ1) is 7.60. The molecule has 90 valence electrons. The van der Waals surface area contributed by atoms with Crippen LogP contribution in [-0.4, -0.2) is 28.1 Å². The van der Waals surface area contributed by atoms with Gasteiger partial charge in [-0.25, -0.2) is 0 Å². The molecule has 0 saturated heterocycles. The van der Waals surface area contributed by atoms with E-state index in [2.05, 4.69) is 0 Å². The summed E-state index contributed by atoms with van der Waals surface area (Å²) >= 11 is -2.34. The Bertz CT molecular complexity index is 364. The Morgan fingerprint density at radius 1 is 1.25 bits per heavy atom. The molecule has 0 aliphatic heterocycles. The smallest absolute Gasteiger partial charge is 0.126 e. The highest BCUT2D eigenvalue weighted by molar-refractivity contribution is 7.79. The number of rotatable bonds is 5. The van der Waals surface area contributed by atoms with Gasteiger partial charge in [0.15, 0.2) is 0 Å². The van der Waals surface area contributed by atoms with Crippen LogP contribution in [-0.2, 0) is 33.8 Å². The van der Waals surface area contributed by atoms with E-state index in [4.69, 9.17) is 9.47 Å². The molecular weight excluding hydrogens is 232 g/mol. The summed E-state index contributed by atoms with van der Waals surface area (Å²) in [6, 6.07) is 2.75. The van der Waals surface area contributed by atoms with Crippen LogP contribution in [0.15, 0.2) is 17.0 Å². The molecule has 0 spiro atoms. The van der Waals surface area contributed by atoms with Gasteiger partial charge in [0, 0.05) is 30.2 Å². The number of benzene rings is 1. The fraction of sp³-hybridized carbons (Fsp3) is 0.400. The van der Waals surface area contributed by atoms with Gasteiger partial charge in [0.25, 0.3) is 0 Å². The minimum Gasteiger partial charge on any atom is -0.768 e. The van der Waals surface area contributed by atoms with Crippen LogP contribution in [0.1, 0.15) is 11.1 Å². The summed E-state index contributed by atoms with van der Waals surface area (Å²) in [7, 11) is 2.94. The molecule has 1 rings (SSSR count). The molecule has 1 N–H and O–H groups in total. The van der Waals surface area contributed by atoms with Crippen LogP contribution in [0.3, 0.4) is 0 Å². The van der Waals surface area contributed by atoms with Crippen molar-refractivity contribution in [2.24, 2.45) is 0 Å². The molecule has 1 aromatic rings. The largest absolute Gasteiger partial charge is 0.768 e. The molecule has 0 radical (unpaired) electrons. The standard InChI is InChI=1S/C10H14O5S/c1-14-5-7-3-9(16(12)13)4-8(6-15-2)10(7)11/h3-4,11H,5-6H2,1-2H3,(H,12,13)/p-1. The molecule has 0 aliphatic rings. The molecule has 0 saturated carbocycles. The van der Waals surface area contributed by atoms with Crippen LogP contribution >= 0.6 is 0 Å². The van der Waals surface area contributed by atoms with Gasteiger partial charge in [-0.15, -0.1) is 0 Å². The predicted octanol–water partition coefficient (Wildman–Crippen LogP) is 0.923. The highest BCUT2D eigenvalue weighted by Gasteiger charge is 2.10. The molecule has 6 heteroatoms. The van der Waals surface area contributed by atoms with Gasteiger partial charge in [-0.1, -0.05) is 0 Å². The Morgan fingerprint density at radius 3 is 2.00 bits per heavy atom. The van der Waals surface area contributed by atoms with Crippen molar-refractivity contribution in [2.45, 2.75) is 18.1 Å². The van der Waals surface area contributed by atoms with Crippen molar-refractivity contribution >= 4 is 11.1 Å². The summed E-state index contributed by atoms with van der Waals surface area (Å²) in [5, 5.41) is 9.80. The first-order valence-corrected chi connectivity index (χ1v) is 5.59. The van der Waals surface area contributed by atoms with Gasteiger partial charge in [-0.3, -0.25) is 4.21 Å². The maximum atomic E-state index is 10.9. The fourth-order valence-corrected chi connectivity index (χ4v) is 1.83. The highest BCUT2D eigenvalue weighted by atomic mass is 32.2. The normalized spacial score (nSPS) is 12.7. The monoisotopic (exact) mass is 245 g/mol. The van der Waals surface area contributed by atoms with Gasteiger partial charge in [0.1, 0.15) is 5.75 Å². The minimum atomic E-state index is -2.34. The van der Waals surface area contributed by atoms with Crippen LogP contribution in [0.25, 0.3) is 0 Å². The summed E-state index contributed by atoms with van der Waals surface area (Å²) in [6.07, 6.45) is 0. The van der Waals surface area contributed by atoms with E-state index in [0.29, 0.717) is 11.1 Å². The number of methoxy groups -OCH3 is 2. The van der Waals surface area contributed by atoms with E-state index in [1.165, 1.54) is 26.4 Å². The topological polar surface area (TPSA) is 78.8 Å². The highest BCUT2D eigenvalue weighted by Crippen LogP contribution is 2.27. The molecular formula is C10H13O5S-. The van der Waals surface area contributed by atoms with Crippen molar-refractivity contribution in [3.05, 3.63) is 23.3 Å². The van der Waals surface area contributed by atoms with Gasteiger partial charge < -0.3 is 19.1 Å². The van der Waals surface area contributed by atoms with Crippen LogP contribution in [0.4, 0.5) is 0 Å². The first-order valence-electron chi connectivity index (χ1n) is 4.52. The van der Waals surface area contributed by atoms with Gasteiger partial charge in [0.05, 0.1) is 13.2 Å². The Labute approximate surface area is 96.3 Å². The molecule has 1 unspecified atom stereocenters. The van der Waals surface area contributed by atoms with Crippen LogP contribution in [0.5, 0.6) is 5.75 Å². The van der Waals surface area contributed by atoms with E-state index in [1.807, 2.05) is 0 Å². The summed E-state index contributed by atoms with van der Waals surface area (Å²) in [5.41, 5.74) is 0.854. The second-order valence-corrected chi connectivity index (χ2v) is 4.13. The summed E-state index contributed by atoms with van der Waals surface area (Å²) < 4.78 is 31.5. The lowest BCUT2D eigenvalue weighted by Crippen LogP contribution is -1.99. The molecule has 0 aromatic heterocycles. The molecule has 5 nitrogen and oxygen atoms in total.